The van der Waals surface area contributed by atoms with Crippen molar-refractivity contribution in [2.45, 2.75) is 58.9 Å². The molecule has 0 spiro atoms. The monoisotopic (exact) mass is 260 g/mol. The molecule has 106 valence electrons. The van der Waals surface area contributed by atoms with Crippen LogP contribution in [0.2, 0.25) is 0 Å². The Morgan fingerprint density at radius 2 is 1.95 bits per heavy atom. The summed E-state index contributed by atoms with van der Waals surface area (Å²) >= 11 is 0. The molecule has 0 radical (unpaired) electrons. The molecule has 1 fully saturated rings. The summed E-state index contributed by atoms with van der Waals surface area (Å²) < 4.78 is 0. The number of hydrogen-bond acceptors (Lipinski definition) is 2. The Bertz CT molecular complexity index is 389. The Hall–Kier alpha value is -0.890. The van der Waals surface area contributed by atoms with E-state index in [9.17, 15) is 0 Å². The van der Waals surface area contributed by atoms with Gasteiger partial charge in [-0.3, -0.25) is 4.98 Å². The van der Waals surface area contributed by atoms with Crippen molar-refractivity contribution in [1.82, 2.24) is 10.3 Å². The average Bonchev–Trinajstić information content (AvgIpc) is 2.34. The fourth-order valence-corrected chi connectivity index (χ4v) is 2.67. The predicted octanol–water partition coefficient (Wildman–Crippen LogP) is 3.60. The highest BCUT2D eigenvalue weighted by molar-refractivity contribution is 5.14. The quantitative estimate of drug-likeness (QED) is 0.875. The van der Waals surface area contributed by atoms with Gasteiger partial charge in [-0.2, -0.15) is 0 Å². The molecular formula is C17H28N2. The molecule has 2 atom stereocenters. The summed E-state index contributed by atoms with van der Waals surface area (Å²) in [5, 5.41) is 3.64. The first kappa shape index (κ1) is 14.5. The van der Waals surface area contributed by atoms with E-state index in [4.69, 9.17) is 0 Å². The van der Waals surface area contributed by atoms with Crippen LogP contribution in [-0.4, -0.2) is 17.1 Å². The van der Waals surface area contributed by atoms with Gasteiger partial charge in [0, 0.05) is 17.4 Å². The Balaban J connectivity index is 1.82. The highest BCUT2D eigenvalue weighted by Gasteiger charge is 2.31. The molecule has 0 bridgehead atoms. The third kappa shape index (κ3) is 4.31. The number of pyridine rings is 1. The summed E-state index contributed by atoms with van der Waals surface area (Å²) in [7, 11) is 0. The van der Waals surface area contributed by atoms with Gasteiger partial charge in [0.05, 0.1) is 0 Å². The third-order valence-electron chi connectivity index (χ3n) is 4.24. The maximum atomic E-state index is 4.59. The van der Waals surface area contributed by atoms with E-state index in [2.05, 4.69) is 50.1 Å². The number of aromatic nitrogens is 1. The van der Waals surface area contributed by atoms with E-state index in [1.165, 1.54) is 24.1 Å². The topological polar surface area (TPSA) is 24.9 Å². The highest BCUT2D eigenvalue weighted by atomic mass is 14.9. The number of aryl methyl sites for hydroxylation is 1. The molecule has 2 nitrogen and oxygen atoms in total. The lowest BCUT2D eigenvalue weighted by atomic mass is 9.71. The van der Waals surface area contributed by atoms with Crippen LogP contribution in [0.4, 0.5) is 0 Å². The lowest BCUT2D eigenvalue weighted by molar-refractivity contribution is 0.158. The molecule has 1 aromatic rings. The van der Waals surface area contributed by atoms with Crippen LogP contribution < -0.4 is 5.32 Å². The molecule has 2 heteroatoms. The van der Waals surface area contributed by atoms with Crippen molar-refractivity contribution < 1.29 is 0 Å². The summed E-state index contributed by atoms with van der Waals surface area (Å²) in [5.74, 6) is 1.67. The first-order chi connectivity index (χ1) is 8.98. The van der Waals surface area contributed by atoms with Crippen LogP contribution in [0, 0.1) is 11.8 Å². The van der Waals surface area contributed by atoms with Crippen LogP contribution in [-0.2, 0) is 12.8 Å². The molecule has 1 aliphatic rings. The van der Waals surface area contributed by atoms with Crippen molar-refractivity contribution in [1.29, 1.82) is 0 Å². The molecule has 1 saturated carbocycles. The average molecular weight is 260 g/mol. The van der Waals surface area contributed by atoms with Crippen molar-refractivity contribution in [3.8, 4) is 0 Å². The van der Waals surface area contributed by atoms with Gasteiger partial charge in [0.15, 0.2) is 0 Å². The first-order valence-corrected chi connectivity index (χ1v) is 7.67. The second kappa shape index (κ2) is 6.04. The van der Waals surface area contributed by atoms with Gasteiger partial charge < -0.3 is 5.32 Å². The summed E-state index contributed by atoms with van der Waals surface area (Å²) in [6.07, 6.45) is 7.01. The third-order valence-corrected chi connectivity index (χ3v) is 4.24. The summed E-state index contributed by atoms with van der Waals surface area (Å²) in [4.78, 5) is 4.59. The lowest BCUT2D eigenvalue weighted by Gasteiger charge is -2.38. The first-order valence-electron chi connectivity index (χ1n) is 7.67. The van der Waals surface area contributed by atoms with Gasteiger partial charge in [0.25, 0.3) is 0 Å². The maximum absolute atomic E-state index is 4.59. The molecule has 0 aromatic carbocycles. The summed E-state index contributed by atoms with van der Waals surface area (Å²) in [5.41, 5.74) is 2.84. The standard InChI is InChI=1S/C17H28N2/c1-5-13-6-9-16(18-11-13)10-14-7-8-15(14)12-19-17(2,3)4/h6,9,11,14-15,19H,5,7-8,10,12H2,1-4H3. The molecule has 1 N–H and O–H groups in total. The zero-order chi connectivity index (χ0) is 13.9. The fourth-order valence-electron chi connectivity index (χ4n) is 2.67. The van der Waals surface area contributed by atoms with E-state index >= 15 is 0 Å². The lowest BCUT2D eigenvalue weighted by Crippen LogP contribution is -2.44. The Labute approximate surface area is 118 Å². The summed E-state index contributed by atoms with van der Waals surface area (Å²) in [6, 6.07) is 4.44. The van der Waals surface area contributed by atoms with Gasteiger partial charge >= 0.3 is 0 Å². The van der Waals surface area contributed by atoms with E-state index in [0.29, 0.717) is 0 Å². The normalized spacial score (nSPS) is 23.2. The molecule has 0 aliphatic heterocycles. The molecule has 0 saturated heterocycles. The number of rotatable bonds is 5. The van der Waals surface area contributed by atoms with Gasteiger partial charge in [-0.15, -0.1) is 0 Å². The van der Waals surface area contributed by atoms with Crippen molar-refractivity contribution in [2.24, 2.45) is 11.8 Å². The minimum absolute atomic E-state index is 0.237. The van der Waals surface area contributed by atoms with Gasteiger partial charge in [-0.25, -0.2) is 0 Å². The van der Waals surface area contributed by atoms with E-state index in [0.717, 1.165) is 31.2 Å². The van der Waals surface area contributed by atoms with Gasteiger partial charge in [-0.1, -0.05) is 13.0 Å². The van der Waals surface area contributed by atoms with Crippen molar-refractivity contribution in [2.75, 3.05) is 6.54 Å². The molecule has 2 unspecified atom stereocenters. The molecule has 1 aliphatic carbocycles. The Kier molecular flexibility index (Phi) is 4.62. The molecule has 2 rings (SSSR count). The van der Waals surface area contributed by atoms with Crippen LogP contribution in [0.15, 0.2) is 18.3 Å². The zero-order valence-electron chi connectivity index (χ0n) is 12.9. The largest absolute Gasteiger partial charge is 0.312 e. The number of hydrogen-bond donors (Lipinski definition) is 1. The van der Waals surface area contributed by atoms with Gasteiger partial charge in [0.1, 0.15) is 0 Å². The fraction of sp³-hybridized carbons (Fsp3) is 0.706. The SMILES string of the molecule is CCc1ccc(CC2CCC2CNC(C)(C)C)nc1. The second-order valence-corrected chi connectivity index (χ2v) is 6.94. The van der Waals surface area contributed by atoms with Gasteiger partial charge in [-0.05, 0) is 76.5 Å². The van der Waals surface area contributed by atoms with Crippen molar-refractivity contribution in [3.05, 3.63) is 29.6 Å². The van der Waals surface area contributed by atoms with Gasteiger partial charge in [0.2, 0.25) is 0 Å². The summed E-state index contributed by atoms with van der Waals surface area (Å²) in [6.45, 7) is 10.1. The number of nitrogens with one attached hydrogen (secondary N) is 1. The molecule has 1 aromatic heterocycles. The van der Waals surface area contributed by atoms with Crippen LogP contribution in [0.5, 0.6) is 0 Å². The minimum atomic E-state index is 0.237. The second-order valence-electron chi connectivity index (χ2n) is 6.94. The van der Waals surface area contributed by atoms with Crippen LogP contribution in [0.25, 0.3) is 0 Å². The Morgan fingerprint density at radius 1 is 1.21 bits per heavy atom. The molecular weight excluding hydrogens is 232 g/mol. The maximum Gasteiger partial charge on any atom is 0.0406 e. The van der Waals surface area contributed by atoms with Crippen LogP contribution in [0.3, 0.4) is 0 Å². The van der Waals surface area contributed by atoms with E-state index in [-0.39, 0.29) is 5.54 Å². The van der Waals surface area contributed by atoms with E-state index in [1.54, 1.807) is 0 Å². The highest BCUT2D eigenvalue weighted by Crippen LogP contribution is 2.36. The van der Waals surface area contributed by atoms with Crippen LogP contribution >= 0.6 is 0 Å². The zero-order valence-corrected chi connectivity index (χ0v) is 12.9. The smallest absolute Gasteiger partial charge is 0.0406 e. The van der Waals surface area contributed by atoms with E-state index < -0.39 is 0 Å². The van der Waals surface area contributed by atoms with E-state index in [1.807, 2.05) is 6.20 Å². The minimum Gasteiger partial charge on any atom is -0.312 e. The van der Waals surface area contributed by atoms with Crippen molar-refractivity contribution in [3.63, 3.8) is 0 Å². The molecule has 1 heterocycles. The number of nitrogens with zero attached hydrogens (tertiary/aromatic N) is 1. The van der Waals surface area contributed by atoms with Crippen LogP contribution in [0.1, 0.15) is 51.8 Å². The molecule has 0 amide bonds. The Morgan fingerprint density at radius 3 is 2.42 bits per heavy atom. The van der Waals surface area contributed by atoms with Crippen molar-refractivity contribution >= 4 is 0 Å². The molecule has 19 heavy (non-hydrogen) atoms. The predicted molar refractivity (Wildman–Crippen MR) is 81.3 cm³/mol.